The molecule has 1 aliphatic rings. The van der Waals surface area contributed by atoms with Crippen molar-refractivity contribution in [2.75, 3.05) is 18.1 Å². The van der Waals surface area contributed by atoms with E-state index in [4.69, 9.17) is 9.15 Å². The molecule has 2 heterocycles. The van der Waals surface area contributed by atoms with Crippen molar-refractivity contribution < 1.29 is 18.7 Å². The van der Waals surface area contributed by atoms with Gasteiger partial charge in [0, 0.05) is 23.2 Å². The number of fused-ring (bicyclic) bond motifs is 3. The van der Waals surface area contributed by atoms with Crippen LogP contribution in [0.15, 0.2) is 89.3 Å². The molecule has 0 saturated heterocycles. The molecular weight excluding hydrogens is 440 g/mol. The summed E-state index contributed by atoms with van der Waals surface area (Å²) in [5, 5.41) is 1.54. The Morgan fingerprint density at radius 3 is 2.60 bits per heavy atom. The van der Waals surface area contributed by atoms with Crippen LogP contribution in [-0.4, -0.2) is 30.0 Å². The van der Waals surface area contributed by atoms with Gasteiger partial charge >= 0.3 is 5.97 Å². The molecule has 172 valence electrons. The summed E-state index contributed by atoms with van der Waals surface area (Å²) >= 11 is 0. The maximum atomic E-state index is 13.2. The van der Waals surface area contributed by atoms with Crippen LogP contribution in [0, 0.1) is 0 Å². The van der Waals surface area contributed by atoms with Gasteiger partial charge in [-0.2, -0.15) is 0 Å². The monoisotopic (exact) mass is 462 g/mol. The highest BCUT2D eigenvalue weighted by molar-refractivity contribution is 6.10. The predicted octanol–water partition coefficient (Wildman–Crippen LogP) is 5.78. The largest absolute Gasteiger partial charge is 0.452 e. The van der Waals surface area contributed by atoms with E-state index in [1.807, 2.05) is 72.8 Å². The third kappa shape index (κ3) is 3.83. The van der Waals surface area contributed by atoms with E-state index in [-0.39, 0.29) is 12.5 Å². The van der Waals surface area contributed by atoms with E-state index in [0.29, 0.717) is 34.5 Å². The van der Waals surface area contributed by atoms with Crippen LogP contribution in [0.3, 0.4) is 0 Å². The van der Waals surface area contributed by atoms with Gasteiger partial charge in [-0.25, -0.2) is 9.78 Å². The van der Waals surface area contributed by atoms with Crippen LogP contribution in [0.2, 0.25) is 0 Å². The summed E-state index contributed by atoms with van der Waals surface area (Å²) in [4.78, 5) is 32.5. The summed E-state index contributed by atoms with van der Waals surface area (Å²) in [5.74, 6) is -0.360. The molecule has 6 rings (SSSR count). The highest BCUT2D eigenvalue weighted by Gasteiger charge is 2.24. The van der Waals surface area contributed by atoms with Crippen LogP contribution in [-0.2, 0) is 16.0 Å². The minimum atomic E-state index is -0.558. The fraction of sp³-hybridized carbons (Fsp3) is 0.138. The average Bonchev–Trinajstić information content (AvgIpc) is 3.35. The van der Waals surface area contributed by atoms with Crippen LogP contribution >= 0.6 is 0 Å². The lowest BCUT2D eigenvalue weighted by Crippen LogP contribution is -2.38. The predicted molar refractivity (Wildman–Crippen MR) is 134 cm³/mol. The molecule has 0 N–H and O–H groups in total. The van der Waals surface area contributed by atoms with Gasteiger partial charge < -0.3 is 14.1 Å². The number of para-hydroxylation sites is 3. The molecule has 1 aliphatic heterocycles. The van der Waals surface area contributed by atoms with Crippen LogP contribution in [0.5, 0.6) is 0 Å². The van der Waals surface area contributed by atoms with Crippen molar-refractivity contribution in [3.63, 3.8) is 0 Å². The number of aryl methyl sites for hydroxylation is 1. The first-order chi connectivity index (χ1) is 17.2. The topological polar surface area (TPSA) is 72.6 Å². The normalized spacial score (nSPS) is 13.1. The quantitative estimate of drug-likeness (QED) is 0.316. The minimum Gasteiger partial charge on any atom is -0.452 e. The number of nitrogens with zero attached hydrogens (tertiary/aromatic N) is 2. The van der Waals surface area contributed by atoms with E-state index in [1.165, 1.54) is 0 Å². The van der Waals surface area contributed by atoms with Crippen molar-refractivity contribution in [1.29, 1.82) is 0 Å². The average molecular weight is 463 g/mol. The van der Waals surface area contributed by atoms with E-state index in [2.05, 4.69) is 4.98 Å². The maximum absolute atomic E-state index is 13.2. The maximum Gasteiger partial charge on any atom is 0.339 e. The number of carbonyl (C=O) groups is 2. The van der Waals surface area contributed by atoms with Crippen molar-refractivity contribution in [3.05, 3.63) is 96.1 Å². The van der Waals surface area contributed by atoms with E-state index < -0.39 is 5.97 Å². The molecular formula is C29H22N2O4. The Bertz CT molecular complexity index is 1550. The molecule has 0 atom stereocenters. The Balaban J connectivity index is 1.30. The van der Waals surface area contributed by atoms with Crippen molar-refractivity contribution in [1.82, 2.24) is 4.98 Å². The number of benzene rings is 4. The molecule has 6 nitrogen and oxygen atoms in total. The third-order valence-electron chi connectivity index (χ3n) is 6.39. The Morgan fingerprint density at radius 1 is 0.914 bits per heavy atom. The second-order valence-electron chi connectivity index (χ2n) is 8.55. The van der Waals surface area contributed by atoms with Gasteiger partial charge in [0.2, 0.25) is 5.89 Å². The van der Waals surface area contributed by atoms with Crippen molar-refractivity contribution in [3.8, 4) is 11.5 Å². The highest BCUT2D eigenvalue weighted by atomic mass is 16.5. The lowest BCUT2D eigenvalue weighted by atomic mass is 9.99. The van der Waals surface area contributed by atoms with Gasteiger partial charge in [0.25, 0.3) is 5.91 Å². The fourth-order valence-electron chi connectivity index (χ4n) is 4.75. The number of ether oxygens (including phenoxy) is 1. The molecule has 0 aliphatic carbocycles. The minimum absolute atomic E-state index is 0.232. The summed E-state index contributed by atoms with van der Waals surface area (Å²) in [6, 6.07) is 26.5. The van der Waals surface area contributed by atoms with Gasteiger partial charge in [0.15, 0.2) is 12.2 Å². The van der Waals surface area contributed by atoms with Gasteiger partial charge in [-0.3, -0.25) is 4.79 Å². The molecule has 0 bridgehead atoms. The zero-order valence-electron chi connectivity index (χ0n) is 18.9. The summed E-state index contributed by atoms with van der Waals surface area (Å²) < 4.78 is 11.5. The zero-order chi connectivity index (χ0) is 23.8. The number of aromatic nitrogens is 1. The molecule has 5 aromatic rings. The van der Waals surface area contributed by atoms with Crippen molar-refractivity contribution >= 4 is 39.4 Å². The lowest BCUT2D eigenvalue weighted by molar-refractivity contribution is -0.121. The number of amides is 1. The molecule has 4 aromatic carbocycles. The number of oxazole rings is 1. The Labute approximate surface area is 201 Å². The van der Waals surface area contributed by atoms with Crippen LogP contribution < -0.4 is 4.90 Å². The zero-order valence-corrected chi connectivity index (χ0v) is 18.9. The van der Waals surface area contributed by atoms with Gasteiger partial charge in [-0.05, 0) is 54.1 Å². The number of hydrogen-bond donors (Lipinski definition) is 0. The fourth-order valence-corrected chi connectivity index (χ4v) is 4.75. The smallest absolute Gasteiger partial charge is 0.339 e. The van der Waals surface area contributed by atoms with E-state index in [9.17, 15) is 9.59 Å². The molecule has 0 saturated carbocycles. The molecule has 35 heavy (non-hydrogen) atoms. The number of anilines is 1. The lowest BCUT2D eigenvalue weighted by Gasteiger charge is -2.29. The van der Waals surface area contributed by atoms with Crippen molar-refractivity contribution in [2.24, 2.45) is 0 Å². The highest BCUT2D eigenvalue weighted by Crippen LogP contribution is 2.33. The summed E-state index contributed by atoms with van der Waals surface area (Å²) in [6.45, 7) is 0.290. The molecule has 0 radical (unpaired) electrons. The van der Waals surface area contributed by atoms with Gasteiger partial charge in [-0.15, -0.1) is 0 Å². The van der Waals surface area contributed by atoms with Crippen LogP contribution in [0.25, 0.3) is 33.3 Å². The third-order valence-corrected chi connectivity index (χ3v) is 6.39. The van der Waals surface area contributed by atoms with E-state index >= 15 is 0 Å². The molecule has 6 heteroatoms. The summed E-state index contributed by atoms with van der Waals surface area (Å²) in [5.41, 5.74) is 4.51. The first-order valence-electron chi connectivity index (χ1n) is 11.6. The van der Waals surface area contributed by atoms with E-state index in [1.54, 1.807) is 17.0 Å². The number of carbonyl (C=O) groups excluding carboxylic acids is 2. The molecule has 1 amide bonds. The van der Waals surface area contributed by atoms with Crippen molar-refractivity contribution in [2.45, 2.75) is 12.8 Å². The Morgan fingerprint density at radius 2 is 1.71 bits per heavy atom. The SMILES string of the molecule is O=C(OCC(=O)N1CCCc2ccccc21)c1cccc2cccc(-c3nc4ccccc4o3)c12. The number of esters is 1. The molecule has 1 aromatic heterocycles. The van der Waals surface area contributed by atoms with Gasteiger partial charge in [0.1, 0.15) is 5.52 Å². The standard InChI is InChI=1S/C29H22N2O4/c32-26(31-17-7-11-19-8-1-3-15-24(19)31)18-34-29(33)22-13-6-10-20-9-5-12-21(27(20)22)28-30-23-14-2-4-16-25(23)35-28/h1-6,8-10,12-16H,7,11,17-18H2. The first kappa shape index (κ1) is 21.1. The summed E-state index contributed by atoms with van der Waals surface area (Å²) in [6.07, 6.45) is 1.82. The number of rotatable bonds is 4. The molecule has 0 unspecified atom stereocenters. The second-order valence-corrected chi connectivity index (χ2v) is 8.55. The second kappa shape index (κ2) is 8.72. The first-order valence-corrected chi connectivity index (χ1v) is 11.6. The molecule has 0 fully saturated rings. The Hall–Kier alpha value is -4.45. The van der Waals surface area contributed by atoms with Gasteiger partial charge in [-0.1, -0.05) is 54.6 Å². The van der Waals surface area contributed by atoms with Crippen LogP contribution in [0.4, 0.5) is 5.69 Å². The van der Waals surface area contributed by atoms with E-state index in [0.717, 1.165) is 35.0 Å². The number of hydrogen-bond acceptors (Lipinski definition) is 5. The van der Waals surface area contributed by atoms with Gasteiger partial charge in [0.05, 0.1) is 5.56 Å². The Kier molecular flexibility index (Phi) is 5.26. The molecule has 0 spiro atoms. The summed E-state index contributed by atoms with van der Waals surface area (Å²) in [7, 11) is 0. The van der Waals surface area contributed by atoms with Crippen LogP contribution in [0.1, 0.15) is 22.3 Å².